The van der Waals surface area contributed by atoms with Gasteiger partial charge >= 0.3 is 6.09 Å². The van der Waals surface area contributed by atoms with Crippen LogP contribution in [-0.2, 0) is 11.3 Å². The summed E-state index contributed by atoms with van der Waals surface area (Å²) in [6.07, 6.45) is 2.92. The predicted octanol–water partition coefficient (Wildman–Crippen LogP) is 2.05. The van der Waals surface area contributed by atoms with Crippen molar-refractivity contribution in [3.8, 4) is 0 Å². The fourth-order valence-electron chi connectivity index (χ4n) is 1.46. The molecule has 7 heteroatoms. The molecule has 0 saturated heterocycles. The number of rotatable bonds is 5. The number of hydrogen-bond donors (Lipinski definition) is 2. The monoisotopic (exact) mass is 273 g/mol. The molecular weight excluding hydrogens is 258 g/mol. The van der Waals surface area contributed by atoms with Gasteiger partial charge in [-0.25, -0.2) is 4.79 Å². The van der Waals surface area contributed by atoms with E-state index in [9.17, 15) is 4.79 Å². The second kappa shape index (κ2) is 7.03. The van der Waals surface area contributed by atoms with E-state index in [1.807, 2.05) is 12.1 Å². The lowest BCUT2D eigenvalue weighted by Gasteiger charge is -2.06. The van der Waals surface area contributed by atoms with Gasteiger partial charge in [-0.3, -0.25) is 10.3 Å². The van der Waals surface area contributed by atoms with Crippen LogP contribution in [0.4, 0.5) is 16.4 Å². The lowest BCUT2D eigenvalue weighted by atomic mass is 10.3. The highest BCUT2D eigenvalue weighted by molar-refractivity contribution is 5.83. The Kier molecular flexibility index (Phi) is 4.82. The minimum Gasteiger partial charge on any atom is -0.450 e. The van der Waals surface area contributed by atoms with Crippen LogP contribution in [0.15, 0.2) is 36.7 Å². The third kappa shape index (κ3) is 4.20. The second-order valence-electron chi connectivity index (χ2n) is 3.86. The Balaban J connectivity index is 1.87. The molecule has 2 rings (SSSR count). The molecule has 1 amide bonds. The fraction of sp³-hybridized carbons (Fsp3) is 0.231. The molecule has 0 bridgehead atoms. The SMILES string of the molecule is CCOC(=O)Nc1ccc(NCc2ccncc2)nn1. The van der Waals surface area contributed by atoms with Crippen LogP contribution in [0.1, 0.15) is 12.5 Å². The molecule has 2 aromatic heterocycles. The molecule has 20 heavy (non-hydrogen) atoms. The minimum absolute atomic E-state index is 0.310. The van der Waals surface area contributed by atoms with Gasteiger partial charge in [0.25, 0.3) is 0 Å². The summed E-state index contributed by atoms with van der Waals surface area (Å²) in [4.78, 5) is 15.1. The summed E-state index contributed by atoms with van der Waals surface area (Å²) in [7, 11) is 0. The van der Waals surface area contributed by atoms with Gasteiger partial charge in [-0.05, 0) is 36.8 Å². The van der Waals surface area contributed by atoms with Crippen LogP contribution in [-0.4, -0.2) is 27.9 Å². The topological polar surface area (TPSA) is 89.0 Å². The van der Waals surface area contributed by atoms with E-state index in [0.29, 0.717) is 24.8 Å². The average molecular weight is 273 g/mol. The van der Waals surface area contributed by atoms with E-state index in [1.54, 1.807) is 31.5 Å². The third-order valence-corrected chi connectivity index (χ3v) is 2.39. The number of carbonyl (C=O) groups excluding carboxylic acids is 1. The molecule has 0 saturated carbocycles. The highest BCUT2D eigenvalue weighted by Crippen LogP contribution is 2.08. The van der Waals surface area contributed by atoms with E-state index < -0.39 is 6.09 Å². The number of carbonyl (C=O) groups is 1. The fourth-order valence-corrected chi connectivity index (χ4v) is 1.46. The maximum atomic E-state index is 11.2. The zero-order valence-electron chi connectivity index (χ0n) is 11.0. The Morgan fingerprint density at radius 3 is 2.50 bits per heavy atom. The Labute approximate surface area is 116 Å². The number of pyridine rings is 1. The number of amides is 1. The maximum Gasteiger partial charge on any atom is 0.412 e. The number of nitrogens with zero attached hydrogens (tertiary/aromatic N) is 3. The van der Waals surface area contributed by atoms with Crippen molar-refractivity contribution in [1.29, 1.82) is 0 Å². The van der Waals surface area contributed by atoms with Crippen LogP contribution in [0.3, 0.4) is 0 Å². The van der Waals surface area contributed by atoms with Gasteiger partial charge in [-0.15, -0.1) is 10.2 Å². The lowest BCUT2D eigenvalue weighted by molar-refractivity contribution is 0.168. The van der Waals surface area contributed by atoms with Crippen molar-refractivity contribution in [3.05, 3.63) is 42.2 Å². The second-order valence-corrected chi connectivity index (χ2v) is 3.86. The van der Waals surface area contributed by atoms with Crippen molar-refractivity contribution in [1.82, 2.24) is 15.2 Å². The number of aromatic nitrogens is 3. The molecule has 0 spiro atoms. The Morgan fingerprint density at radius 2 is 1.85 bits per heavy atom. The lowest BCUT2D eigenvalue weighted by Crippen LogP contribution is -2.14. The molecule has 2 aromatic rings. The number of nitrogens with one attached hydrogen (secondary N) is 2. The summed E-state index contributed by atoms with van der Waals surface area (Å²) in [6, 6.07) is 7.21. The number of hydrogen-bond acceptors (Lipinski definition) is 6. The number of ether oxygens (including phenoxy) is 1. The largest absolute Gasteiger partial charge is 0.450 e. The summed E-state index contributed by atoms with van der Waals surface area (Å²) in [5, 5.41) is 13.4. The average Bonchev–Trinajstić information content (AvgIpc) is 2.48. The summed E-state index contributed by atoms with van der Waals surface area (Å²) in [5.41, 5.74) is 1.09. The Bertz CT molecular complexity index is 544. The van der Waals surface area contributed by atoms with Gasteiger partial charge in [0.1, 0.15) is 5.82 Å². The van der Waals surface area contributed by atoms with Crippen LogP contribution >= 0.6 is 0 Å². The van der Waals surface area contributed by atoms with Crippen LogP contribution < -0.4 is 10.6 Å². The first-order valence-corrected chi connectivity index (χ1v) is 6.18. The minimum atomic E-state index is -0.542. The van der Waals surface area contributed by atoms with E-state index in [1.165, 1.54) is 0 Å². The molecule has 7 nitrogen and oxygen atoms in total. The normalized spacial score (nSPS) is 9.85. The molecule has 2 heterocycles. The van der Waals surface area contributed by atoms with Crippen molar-refractivity contribution < 1.29 is 9.53 Å². The molecule has 0 unspecified atom stereocenters. The van der Waals surface area contributed by atoms with Gasteiger partial charge < -0.3 is 10.1 Å². The smallest absolute Gasteiger partial charge is 0.412 e. The van der Waals surface area contributed by atoms with Gasteiger partial charge in [-0.1, -0.05) is 0 Å². The summed E-state index contributed by atoms with van der Waals surface area (Å²) >= 11 is 0. The Morgan fingerprint density at radius 1 is 1.15 bits per heavy atom. The van der Waals surface area contributed by atoms with E-state index in [-0.39, 0.29) is 0 Å². The van der Waals surface area contributed by atoms with Crippen molar-refractivity contribution in [2.75, 3.05) is 17.2 Å². The third-order valence-electron chi connectivity index (χ3n) is 2.39. The zero-order valence-corrected chi connectivity index (χ0v) is 11.0. The van der Waals surface area contributed by atoms with Gasteiger partial charge in [-0.2, -0.15) is 0 Å². The van der Waals surface area contributed by atoms with Crippen molar-refractivity contribution in [2.24, 2.45) is 0 Å². The van der Waals surface area contributed by atoms with Crippen molar-refractivity contribution in [3.63, 3.8) is 0 Å². The predicted molar refractivity (Wildman–Crippen MR) is 74.2 cm³/mol. The van der Waals surface area contributed by atoms with Crippen LogP contribution in [0.5, 0.6) is 0 Å². The van der Waals surface area contributed by atoms with Crippen LogP contribution in [0, 0.1) is 0 Å². The Hall–Kier alpha value is -2.70. The molecule has 2 N–H and O–H groups in total. The summed E-state index contributed by atoms with van der Waals surface area (Å²) < 4.78 is 4.74. The number of anilines is 2. The van der Waals surface area contributed by atoms with Crippen molar-refractivity contribution >= 4 is 17.7 Å². The molecule has 0 aliphatic carbocycles. The molecular formula is C13H15N5O2. The van der Waals surface area contributed by atoms with Gasteiger partial charge in [0.15, 0.2) is 5.82 Å². The summed E-state index contributed by atoms with van der Waals surface area (Å²) in [6.45, 7) is 2.67. The molecule has 0 fully saturated rings. The van der Waals surface area contributed by atoms with Crippen LogP contribution in [0.2, 0.25) is 0 Å². The van der Waals surface area contributed by atoms with E-state index in [0.717, 1.165) is 5.56 Å². The molecule has 0 aliphatic heterocycles. The quantitative estimate of drug-likeness (QED) is 0.866. The summed E-state index contributed by atoms with van der Waals surface area (Å²) in [5.74, 6) is 0.967. The van der Waals surface area contributed by atoms with E-state index in [2.05, 4.69) is 25.8 Å². The maximum absolute atomic E-state index is 11.2. The van der Waals surface area contributed by atoms with Gasteiger partial charge in [0, 0.05) is 18.9 Å². The van der Waals surface area contributed by atoms with Crippen molar-refractivity contribution in [2.45, 2.75) is 13.5 Å². The molecule has 104 valence electrons. The molecule has 0 atom stereocenters. The van der Waals surface area contributed by atoms with Gasteiger partial charge in [0.05, 0.1) is 6.61 Å². The van der Waals surface area contributed by atoms with Gasteiger partial charge in [0.2, 0.25) is 0 Å². The zero-order chi connectivity index (χ0) is 14.2. The molecule has 0 aromatic carbocycles. The molecule has 0 aliphatic rings. The first-order valence-electron chi connectivity index (χ1n) is 6.18. The van der Waals surface area contributed by atoms with Crippen LogP contribution in [0.25, 0.3) is 0 Å². The first-order chi connectivity index (χ1) is 9.78. The van der Waals surface area contributed by atoms with E-state index in [4.69, 9.17) is 4.74 Å². The highest BCUT2D eigenvalue weighted by Gasteiger charge is 2.03. The molecule has 0 radical (unpaired) electrons. The first kappa shape index (κ1) is 13.7. The van der Waals surface area contributed by atoms with E-state index >= 15 is 0 Å². The standard InChI is InChI=1S/C13H15N5O2/c1-2-20-13(19)16-12-4-3-11(17-18-12)15-9-10-5-7-14-8-6-10/h3-8H,2,9H2,1H3,(H,15,17)(H,16,18,19). The highest BCUT2D eigenvalue weighted by atomic mass is 16.5.